The molecule has 0 saturated carbocycles. The van der Waals surface area contributed by atoms with Gasteiger partial charge in [-0.15, -0.1) is 0 Å². The van der Waals surface area contributed by atoms with Gasteiger partial charge < -0.3 is 14.2 Å². The second-order valence-corrected chi connectivity index (χ2v) is 9.22. The highest BCUT2D eigenvalue weighted by Crippen LogP contribution is 2.37. The van der Waals surface area contributed by atoms with Gasteiger partial charge in [0.25, 0.3) is 0 Å². The van der Waals surface area contributed by atoms with Gasteiger partial charge in [0, 0.05) is 31.5 Å². The number of rotatable bonds is 7. The van der Waals surface area contributed by atoms with Crippen LogP contribution in [-0.4, -0.2) is 46.5 Å². The minimum atomic E-state index is -0.614. The van der Waals surface area contributed by atoms with Crippen LogP contribution in [0.3, 0.4) is 0 Å². The van der Waals surface area contributed by atoms with Gasteiger partial charge in [-0.3, -0.25) is 9.59 Å². The molecule has 3 aromatic rings. The maximum Gasteiger partial charge on any atom is 0.312 e. The van der Waals surface area contributed by atoms with E-state index in [0.717, 1.165) is 22.4 Å². The first kappa shape index (κ1) is 24.2. The number of aromatic nitrogens is 2. The van der Waals surface area contributed by atoms with Crippen molar-refractivity contribution in [1.82, 2.24) is 14.5 Å². The summed E-state index contributed by atoms with van der Waals surface area (Å²) in [5.74, 6) is -0.167. The number of hydrogen-bond donors (Lipinski definition) is 0. The van der Waals surface area contributed by atoms with E-state index in [4.69, 9.17) is 11.3 Å². The molecule has 2 heterocycles. The van der Waals surface area contributed by atoms with Crippen molar-refractivity contribution in [2.45, 2.75) is 39.2 Å². The number of carbonyl (C=O) groups excluding carboxylic acids is 2. The zero-order chi connectivity index (χ0) is 24.8. The molecule has 0 unspecified atom stereocenters. The van der Waals surface area contributed by atoms with Crippen LogP contribution in [0.15, 0.2) is 61.1 Å². The largest absolute Gasteiger partial charge is 0.469 e. The van der Waals surface area contributed by atoms with Gasteiger partial charge >= 0.3 is 5.97 Å². The Morgan fingerprint density at radius 2 is 1.83 bits per heavy atom. The number of aryl methyl sites for hydroxylation is 1. The monoisotopic (exact) mass is 470 g/mol. The third kappa shape index (κ3) is 5.43. The quantitative estimate of drug-likeness (QED) is 0.380. The van der Waals surface area contributed by atoms with Crippen molar-refractivity contribution in [3.8, 4) is 0 Å². The first-order valence-electron chi connectivity index (χ1n) is 11.8. The fourth-order valence-electron chi connectivity index (χ4n) is 4.80. The maximum absolute atomic E-state index is 13.2. The lowest BCUT2D eigenvalue weighted by molar-refractivity contribution is -0.157. The van der Waals surface area contributed by atoms with Crippen LogP contribution in [-0.2, 0) is 33.7 Å². The summed E-state index contributed by atoms with van der Waals surface area (Å²) in [7, 11) is 1.44. The first-order valence-corrected chi connectivity index (χ1v) is 11.8. The fourth-order valence-corrected chi connectivity index (χ4v) is 4.80. The van der Waals surface area contributed by atoms with E-state index >= 15 is 0 Å². The number of benzene rings is 2. The van der Waals surface area contributed by atoms with E-state index in [1.165, 1.54) is 7.11 Å². The summed E-state index contributed by atoms with van der Waals surface area (Å²) in [5, 5.41) is 0. The number of likely N-dealkylation sites (tertiary alicyclic amines) is 1. The smallest absolute Gasteiger partial charge is 0.312 e. The summed E-state index contributed by atoms with van der Waals surface area (Å²) in [4.78, 5) is 35.5. The van der Waals surface area contributed by atoms with Crippen molar-refractivity contribution in [1.29, 1.82) is 0 Å². The van der Waals surface area contributed by atoms with E-state index in [1.54, 1.807) is 24.7 Å². The third-order valence-electron chi connectivity index (χ3n) is 7.03. The van der Waals surface area contributed by atoms with Gasteiger partial charge in [-0.25, -0.2) is 9.83 Å². The normalized spacial score (nSPS) is 14.8. The molecule has 0 aliphatic carbocycles. The Morgan fingerprint density at radius 3 is 2.49 bits per heavy atom. The number of carbonyl (C=O) groups is 2. The topological polar surface area (TPSA) is 68.8 Å². The zero-order valence-corrected chi connectivity index (χ0v) is 20.2. The van der Waals surface area contributed by atoms with Crippen LogP contribution in [0.2, 0.25) is 0 Å². The van der Waals surface area contributed by atoms with E-state index in [9.17, 15) is 9.59 Å². The van der Waals surface area contributed by atoms with Crippen molar-refractivity contribution >= 4 is 17.6 Å². The van der Waals surface area contributed by atoms with Crippen LogP contribution in [0.5, 0.6) is 0 Å². The molecular weight excluding hydrogens is 440 g/mol. The van der Waals surface area contributed by atoms with Crippen molar-refractivity contribution in [2.24, 2.45) is 5.41 Å². The molecule has 7 heteroatoms. The average molecular weight is 471 g/mol. The number of esters is 1. The zero-order valence-electron chi connectivity index (χ0n) is 20.2. The highest BCUT2D eigenvalue weighted by atomic mass is 16.5. The summed E-state index contributed by atoms with van der Waals surface area (Å²) in [6, 6.07) is 15.5. The number of piperidine rings is 1. The molecule has 1 amide bonds. The first-order chi connectivity index (χ1) is 16.9. The molecule has 7 nitrogen and oxygen atoms in total. The molecule has 35 heavy (non-hydrogen) atoms. The standard InChI is InChI=1S/C28H30N4O3/c1-21-6-4-5-7-23(21)17-28(27(34)35-3)12-14-31(15-13-28)26(33)16-25-18-30-20-32(25)19-22-8-10-24(29-2)11-9-22/h4-11,18,20H,12-17,19H2,1,3H3. The van der Waals surface area contributed by atoms with Crippen LogP contribution in [0.1, 0.15) is 35.2 Å². The highest BCUT2D eigenvalue weighted by molar-refractivity contribution is 5.80. The Bertz CT molecular complexity index is 1230. The summed E-state index contributed by atoms with van der Waals surface area (Å²) in [6.07, 6.45) is 5.48. The van der Waals surface area contributed by atoms with Gasteiger partial charge in [-0.05, 0) is 42.9 Å². The Hall–Kier alpha value is -3.92. The van der Waals surface area contributed by atoms with Gasteiger partial charge in [-0.2, -0.15) is 0 Å². The molecule has 2 aromatic carbocycles. The molecule has 1 aliphatic rings. The predicted molar refractivity (Wildman–Crippen MR) is 133 cm³/mol. The number of methoxy groups -OCH3 is 1. The van der Waals surface area contributed by atoms with Crippen molar-refractivity contribution in [3.05, 3.63) is 94.9 Å². The van der Waals surface area contributed by atoms with Crippen LogP contribution < -0.4 is 0 Å². The van der Waals surface area contributed by atoms with Crippen LogP contribution >= 0.6 is 0 Å². The maximum atomic E-state index is 13.2. The lowest BCUT2D eigenvalue weighted by Gasteiger charge is -2.40. The van der Waals surface area contributed by atoms with Gasteiger partial charge in [-0.1, -0.05) is 48.5 Å². The lowest BCUT2D eigenvalue weighted by atomic mass is 9.73. The second kappa shape index (κ2) is 10.6. The molecule has 1 saturated heterocycles. The Morgan fingerprint density at radius 1 is 1.11 bits per heavy atom. The fraction of sp³-hybridized carbons (Fsp3) is 0.357. The SMILES string of the molecule is [C-]#[N+]c1ccc(Cn2cncc2CC(=O)N2CCC(Cc3ccccc3C)(C(=O)OC)CC2)cc1. The van der Waals surface area contributed by atoms with Crippen molar-refractivity contribution in [3.63, 3.8) is 0 Å². The number of nitrogens with zero attached hydrogens (tertiary/aromatic N) is 4. The number of hydrogen-bond acceptors (Lipinski definition) is 4. The van der Waals surface area contributed by atoms with E-state index in [1.807, 2.05) is 33.7 Å². The molecular formula is C28H30N4O3. The third-order valence-corrected chi connectivity index (χ3v) is 7.03. The summed E-state index contributed by atoms with van der Waals surface area (Å²) in [5.41, 5.74) is 4.18. The van der Waals surface area contributed by atoms with Crippen LogP contribution in [0.4, 0.5) is 5.69 Å². The number of imidazole rings is 1. The van der Waals surface area contributed by atoms with E-state index in [2.05, 4.69) is 28.9 Å². The molecule has 0 spiro atoms. The van der Waals surface area contributed by atoms with Gasteiger partial charge in [0.1, 0.15) is 0 Å². The Kier molecular flexibility index (Phi) is 7.31. The Balaban J connectivity index is 1.41. The minimum absolute atomic E-state index is 0.0319. The molecule has 1 aliphatic heterocycles. The molecule has 0 radical (unpaired) electrons. The molecule has 1 fully saturated rings. The highest BCUT2D eigenvalue weighted by Gasteiger charge is 2.43. The van der Waals surface area contributed by atoms with E-state index < -0.39 is 5.41 Å². The van der Waals surface area contributed by atoms with Gasteiger partial charge in [0.2, 0.25) is 5.91 Å². The predicted octanol–water partition coefficient (Wildman–Crippen LogP) is 4.36. The van der Waals surface area contributed by atoms with E-state index in [-0.39, 0.29) is 18.3 Å². The second-order valence-electron chi connectivity index (χ2n) is 9.22. The van der Waals surface area contributed by atoms with Gasteiger partial charge in [0.15, 0.2) is 5.69 Å². The minimum Gasteiger partial charge on any atom is -0.469 e. The summed E-state index contributed by atoms with van der Waals surface area (Å²) in [6.45, 7) is 10.8. The molecule has 0 N–H and O–H groups in total. The van der Waals surface area contributed by atoms with Crippen LogP contribution in [0.25, 0.3) is 4.85 Å². The lowest BCUT2D eigenvalue weighted by Crippen LogP contribution is -2.48. The average Bonchev–Trinajstić information content (AvgIpc) is 3.31. The summed E-state index contributed by atoms with van der Waals surface area (Å²) >= 11 is 0. The van der Waals surface area contributed by atoms with Crippen LogP contribution in [0, 0.1) is 18.9 Å². The molecule has 4 rings (SSSR count). The molecule has 180 valence electrons. The number of ether oxygens (including phenoxy) is 1. The Labute approximate surface area is 206 Å². The van der Waals surface area contributed by atoms with Crippen molar-refractivity contribution < 1.29 is 14.3 Å². The summed E-state index contributed by atoms with van der Waals surface area (Å²) < 4.78 is 7.17. The van der Waals surface area contributed by atoms with Crippen molar-refractivity contribution in [2.75, 3.05) is 20.2 Å². The van der Waals surface area contributed by atoms with E-state index in [0.29, 0.717) is 44.6 Å². The molecule has 1 aromatic heterocycles. The number of amides is 1. The van der Waals surface area contributed by atoms with Gasteiger partial charge in [0.05, 0.1) is 31.8 Å². The molecule has 0 atom stereocenters. The molecule has 0 bridgehead atoms.